The Morgan fingerprint density at radius 2 is 1.17 bits per heavy atom. The second kappa shape index (κ2) is 14.2. The molecule has 0 aliphatic heterocycles. The summed E-state index contributed by atoms with van der Waals surface area (Å²) in [5.74, 6) is -3.24. The zero-order valence-electron chi connectivity index (χ0n) is 23.9. The highest BCUT2D eigenvalue weighted by molar-refractivity contribution is 5.74. The van der Waals surface area contributed by atoms with E-state index in [1.54, 1.807) is 0 Å². The summed E-state index contributed by atoms with van der Waals surface area (Å²) < 4.78 is 0. The lowest BCUT2D eigenvalue weighted by molar-refractivity contribution is -0.139. The van der Waals surface area contributed by atoms with Crippen LogP contribution in [0.4, 0.5) is 0 Å². The normalized spacial score (nSPS) is 14.1. The van der Waals surface area contributed by atoms with Crippen LogP contribution in [0.5, 0.6) is 0 Å². The molecule has 42 heavy (non-hydrogen) atoms. The van der Waals surface area contributed by atoms with E-state index in [4.69, 9.17) is 28.0 Å². The molecule has 10 heteroatoms. The van der Waals surface area contributed by atoms with Crippen LogP contribution < -0.4 is 22.9 Å². The van der Waals surface area contributed by atoms with Crippen molar-refractivity contribution in [2.24, 2.45) is 22.9 Å². The first-order chi connectivity index (χ1) is 19.7. The molecule has 0 aliphatic rings. The lowest BCUT2D eigenvalue weighted by Gasteiger charge is -2.21. The molecule has 0 aromatic heterocycles. The standard InChI is InChI=1S/C32H40N4O6/c1-17-3-6-22(14-28(35)31(39)40)23(9-17)11-20-10-18(2)25(24(12-20)15-29(36)32(41)42)16-26(33)21-7-4-19(5-8-21)13-27(34)30(37)38/h3-10,12,26-29H,11,13-16,33-36H2,1-2H3,(H,37,38)(H,39,40)(H,41,42)/t26?,27-,28-,29-/m0/s1. The predicted octanol–water partition coefficient (Wildman–Crippen LogP) is 2.00. The molecule has 0 spiro atoms. The molecule has 0 radical (unpaired) electrons. The van der Waals surface area contributed by atoms with Crippen molar-refractivity contribution in [2.75, 3.05) is 0 Å². The van der Waals surface area contributed by atoms with Crippen molar-refractivity contribution in [3.05, 3.63) is 105 Å². The number of nitrogens with two attached hydrogens (primary N) is 4. The molecule has 0 aliphatic carbocycles. The Labute approximate surface area is 245 Å². The monoisotopic (exact) mass is 576 g/mol. The second-order valence-electron chi connectivity index (χ2n) is 11.0. The molecule has 0 heterocycles. The third-order valence-corrected chi connectivity index (χ3v) is 7.50. The zero-order chi connectivity index (χ0) is 31.1. The summed E-state index contributed by atoms with van der Waals surface area (Å²) in [6.07, 6.45) is 1.45. The molecule has 10 nitrogen and oxygen atoms in total. The highest BCUT2D eigenvalue weighted by atomic mass is 16.4. The number of carboxylic acids is 3. The molecule has 0 saturated heterocycles. The molecular weight excluding hydrogens is 536 g/mol. The minimum atomic E-state index is -1.10. The Bertz CT molecular complexity index is 1440. The Morgan fingerprint density at radius 3 is 1.74 bits per heavy atom. The van der Waals surface area contributed by atoms with Crippen LogP contribution in [0.15, 0.2) is 54.6 Å². The van der Waals surface area contributed by atoms with Crippen molar-refractivity contribution in [1.29, 1.82) is 0 Å². The Kier molecular flexibility index (Phi) is 11.0. The van der Waals surface area contributed by atoms with E-state index in [2.05, 4.69) is 0 Å². The fourth-order valence-corrected chi connectivity index (χ4v) is 5.11. The number of hydrogen-bond donors (Lipinski definition) is 7. The smallest absolute Gasteiger partial charge is 0.320 e. The molecule has 0 saturated carbocycles. The first kappa shape index (κ1) is 32.4. The molecule has 0 bridgehead atoms. The van der Waals surface area contributed by atoms with Gasteiger partial charge in [-0.2, -0.15) is 0 Å². The van der Waals surface area contributed by atoms with Gasteiger partial charge in [0.15, 0.2) is 0 Å². The maximum absolute atomic E-state index is 11.7. The third kappa shape index (κ3) is 8.70. The lowest BCUT2D eigenvalue weighted by atomic mass is 9.86. The predicted molar refractivity (Wildman–Crippen MR) is 160 cm³/mol. The van der Waals surface area contributed by atoms with Gasteiger partial charge in [0.2, 0.25) is 0 Å². The Balaban J connectivity index is 1.92. The number of carboxylic acid groups (broad SMARTS) is 3. The van der Waals surface area contributed by atoms with Crippen LogP contribution in [0.25, 0.3) is 0 Å². The van der Waals surface area contributed by atoms with E-state index < -0.39 is 42.1 Å². The maximum atomic E-state index is 11.7. The van der Waals surface area contributed by atoms with Gasteiger partial charge in [-0.3, -0.25) is 14.4 Å². The number of benzene rings is 3. The van der Waals surface area contributed by atoms with Crippen LogP contribution >= 0.6 is 0 Å². The van der Waals surface area contributed by atoms with Gasteiger partial charge < -0.3 is 38.3 Å². The molecule has 3 aromatic carbocycles. The molecule has 0 fully saturated rings. The van der Waals surface area contributed by atoms with E-state index in [0.717, 1.165) is 50.1 Å². The van der Waals surface area contributed by atoms with Gasteiger partial charge in [-0.05, 0) is 90.5 Å². The minimum absolute atomic E-state index is 0.114. The van der Waals surface area contributed by atoms with Crippen LogP contribution in [0.1, 0.15) is 56.1 Å². The number of hydrogen-bond acceptors (Lipinski definition) is 7. The van der Waals surface area contributed by atoms with Crippen LogP contribution in [0, 0.1) is 13.8 Å². The topological polar surface area (TPSA) is 216 Å². The summed E-state index contributed by atoms with van der Waals surface area (Å²) in [4.78, 5) is 34.1. The van der Waals surface area contributed by atoms with Gasteiger partial charge in [-0.15, -0.1) is 0 Å². The zero-order valence-corrected chi connectivity index (χ0v) is 23.9. The van der Waals surface area contributed by atoms with Crippen molar-refractivity contribution in [3.63, 3.8) is 0 Å². The molecular formula is C32H40N4O6. The van der Waals surface area contributed by atoms with Crippen molar-refractivity contribution in [3.8, 4) is 0 Å². The lowest BCUT2D eigenvalue weighted by Crippen LogP contribution is -2.33. The quantitative estimate of drug-likeness (QED) is 0.148. The molecule has 11 N–H and O–H groups in total. The Morgan fingerprint density at radius 1 is 0.619 bits per heavy atom. The summed E-state index contributed by atoms with van der Waals surface area (Å²) in [5.41, 5.74) is 32.1. The van der Waals surface area contributed by atoms with Crippen molar-refractivity contribution >= 4 is 17.9 Å². The van der Waals surface area contributed by atoms with Crippen molar-refractivity contribution < 1.29 is 29.7 Å². The first-order valence-electron chi connectivity index (χ1n) is 13.7. The largest absolute Gasteiger partial charge is 0.480 e. The molecule has 224 valence electrons. The fourth-order valence-electron chi connectivity index (χ4n) is 5.11. The number of aliphatic carboxylic acids is 3. The van der Waals surface area contributed by atoms with Crippen LogP contribution in [-0.4, -0.2) is 51.4 Å². The molecule has 0 amide bonds. The molecule has 4 atom stereocenters. The SMILES string of the molecule is Cc1ccc(C[C@H](N)C(=O)O)c(Cc2cc(C)c(CC(N)c3ccc(C[C@H](N)C(=O)O)cc3)c(C[C@H](N)C(=O)O)c2)c1. The number of rotatable bonds is 14. The van der Waals surface area contributed by atoms with Crippen molar-refractivity contribution in [1.82, 2.24) is 0 Å². The van der Waals surface area contributed by atoms with Gasteiger partial charge in [0.05, 0.1) is 0 Å². The average Bonchev–Trinajstić information content (AvgIpc) is 2.92. The minimum Gasteiger partial charge on any atom is -0.480 e. The van der Waals surface area contributed by atoms with E-state index in [0.29, 0.717) is 12.8 Å². The summed E-state index contributed by atoms with van der Waals surface area (Å²) in [7, 11) is 0. The van der Waals surface area contributed by atoms with E-state index >= 15 is 0 Å². The summed E-state index contributed by atoms with van der Waals surface area (Å²) in [5, 5.41) is 27.9. The van der Waals surface area contributed by atoms with Gasteiger partial charge in [0.25, 0.3) is 0 Å². The molecule has 3 rings (SSSR count). The third-order valence-electron chi connectivity index (χ3n) is 7.50. The van der Waals surface area contributed by atoms with E-state index in [-0.39, 0.29) is 19.3 Å². The van der Waals surface area contributed by atoms with E-state index in [1.807, 2.05) is 68.4 Å². The van der Waals surface area contributed by atoms with Gasteiger partial charge in [-0.25, -0.2) is 0 Å². The highest BCUT2D eigenvalue weighted by Crippen LogP contribution is 2.27. The summed E-state index contributed by atoms with van der Waals surface area (Å²) in [6, 6.07) is 13.6. The maximum Gasteiger partial charge on any atom is 0.320 e. The Hall–Kier alpha value is -4.09. The number of carbonyl (C=O) groups is 3. The summed E-state index contributed by atoms with van der Waals surface area (Å²) in [6.45, 7) is 3.92. The van der Waals surface area contributed by atoms with Crippen LogP contribution in [0.2, 0.25) is 0 Å². The molecule has 1 unspecified atom stereocenters. The van der Waals surface area contributed by atoms with Crippen molar-refractivity contribution in [2.45, 2.75) is 70.1 Å². The van der Waals surface area contributed by atoms with Gasteiger partial charge in [0, 0.05) is 6.04 Å². The second-order valence-corrected chi connectivity index (χ2v) is 11.0. The van der Waals surface area contributed by atoms with Gasteiger partial charge in [-0.1, -0.05) is 60.2 Å². The first-order valence-corrected chi connectivity index (χ1v) is 13.7. The summed E-state index contributed by atoms with van der Waals surface area (Å²) >= 11 is 0. The average molecular weight is 577 g/mol. The fraction of sp³-hybridized carbons (Fsp3) is 0.344. The van der Waals surface area contributed by atoms with Gasteiger partial charge in [0.1, 0.15) is 18.1 Å². The van der Waals surface area contributed by atoms with Crippen LogP contribution in [-0.2, 0) is 46.5 Å². The van der Waals surface area contributed by atoms with Crippen LogP contribution in [0.3, 0.4) is 0 Å². The van der Waals surface area contributed by atoms with E-state index in [9.17, 15) is 24.6 Å². The number of aryl methyl sites for hydroxylation is 2. The van der Waals surface area contributed by atoms with Gasteiger partial charge >= 0.3 is 17.9 Å². The highest BCUT2D eigenvalue weighted by Gasteiger charge is 2.21. The molecule has 3 aromatic rings. The van der Waals surface area contributed by atoms with E-state index in [1.165, 1.54) is 0 Å².